The Labute approximate surface area is 264 Å². The highest BCUT2D eigenvalue weighted by atomic mass is 32.5. The monoisotopic (exact) mass is 702 g/mol. The number of ether oxygens (including phenoxy) is 3. The molecule has 3 saturated heterocycles. The predicted molar refractivity (Wildman–Crippen MR) is 162 cm³/mol. The first-order chi connectivity index (χ1) is 21.9. The molecule has 3 fully saturated rings. The summed E-state index contributed by atoms with van der Waals surface area (Å²) in [5, 5.41) is 0. The largest absolute Gasteiger partial charge is 0.382 e. The maximum Gasteiger partial charge on any atom is 0.325 e. The number of nitrogens with one attached hydrogen (secondary N) is 1. The van der Waals surface area contributed by atoms with Crippen LogP contribution in [0.5, 0.6) is 0 Å². The number of hydrogen-bond donors (Lipinski definition) is 3. The summed E-state index contributed by atoms with van der Waals surface area (Å²) in [6.07, 6.45) is -6.23. The number of nitrogens with two attached hydrogens (primary N) is 1. The summed E-state index contributed by atoms with van der Waals surface area (Å²) < 4.78 is 74.1. The van der Waals surface area contributed by atoms with Gasteiger partial charge in [-0.25, -0.2) is 29.3 Å². The first-order valence-electron chi connectivity index (χ1n) is 13.3. The van der Waals surface area contributed by atoms with Gasteiger partial charge in [-0.3, -0.25) is 18.5 Å². The molecule has 10 atom stereocenters. The zero-order valence-corrected chi connectivity index (χ0v) is 25.9. The maximum atomic E-state index is 16.1. The van der Waals surface area contributed by atoms with Crippen molar-refractivity contribution < 1.29 is 46.2 Å². The van der Waals surface area contributed by atoms with E-state index in [0.717, 1.165) is 0 Å². The second-order valence-electron chi connectivity index (χ2n) is 10.3. The normalized spacial score (nSPS) is 37.2. The van der Waals surface area contributed by atoms with Crippen LogP contribution in [0.25, 0.3) is 22.3 Å². The molecule has 7 rings (SSSR count). The molecular formula is C22H28BFN9O10P2S-. The number of anilines is 1. The van der Waals surface area contributed by atoms with E-state index in [1.165, 1.54) is 35.2 Å². The molecule has 24 heteroatoms. The van der Waals surface area contributed by atoms with Gasteiger partial charge in [0.2, 0.25) is 0 Å². The van der Waals surface area contributed by atoms with Crippen LogP contribution in [0.4, 0.5) is 10.2 Å². The number of aromatic nitrogens is 8. The van der Waals surface area contributed by atoms with Gasteiger partial charge >= 0.3 is 6.72 Å². The second-order valence-corrected chi connectivity index (χ2v) is 14.0. The minimum atomic E-state index is -4.17. The molecular weight excluding hydrogens is 674 g/mol. The molecule has 0 amide bonds. The summed E-state index contributed by atoms with van der Waals surface area (Å²) in [6.45, 7) is -3.40. The molecule has 9 unspecified atom stereocenters. The number of rotatable bonds is 3. The predicted octanol–water partition coefficient (Wildman–Crippen LogP) is -0.494. The Kier molecular flexibility index (Phi) is 8.13. The summed E-state index contributed by atoms with van der Waals surface area (Å²) in [5.74, 6) is 0.415. The lowest BCUT2D eigenvalue weighted by Gasteiger charge is -2.30. The van der Waals surface area contributed by atoms with E-state index in [2.05, 4.69) is 29.9 Å². The molecule has 7 heterocycles. The van der Waals surface area contributed by atoms with Gasteiger partial charge < -0.3 is 48.0 Å². The number of fused-ring (bicyclic) bond motifs is 5. The fourth-order valence-corrected chi connectivity index (χ4v) is 7.72. The van der Waals surface area contributed by atoms with Crippen molar-refractivity contribution in [2.75, 3.05) is 26.1 Å². The Hall–Kier alpha value is -2.75. The van der Waals surface area contributed by atoms with Crippen molar-refractivity contribution in [3.8, 4) is 0 Å². The smallest absolute Gasteiger partial charge is 0.325 e. The summed E-state index contributed by atoms with van der Waals surface area (Å²) in [5.41, 5.74) is 6.09. The number of aromatic amines is 1. The average Bonchev–Trinajstić information content (AvgIpc) is 3.75. The van der Waals surface area contributed by atoms with Crippen LogP contribution >= 0.6 is 14.2 Å². The van der Waals surface area contributed by atoms with Gasteiger partial charge in [0, 0.05) is 7.11 Å². The van der Waals surface area contributed by atoms with Gasteiger partial charge in [0.15, 0.2) is 41.3 Å². The Morgan fingerprint density at radius 1 is 1.07 bits per heavy atom. The molecule has 3 aliphatic rings. The van der Waals surface area contributed by atoms with Crippen LogP contribution in [-0.4, -0.2) is 109 Å². The van der Waals surface area contributed by atoms with Crippen LogP contribution in [0, 0.1) is 6.92 Å². The van der Waals surface area contributed by atoms with Crippen molar-refractivity contribution in [3.63, 3.8) is 0 Å². The first kappa shape index (κ1) is 31.8. The molecule has 19 nitrogen and oxygen atoms in total. The summed E-state index contributed by atoms with van der Waals surface area (Å²) >= 11 is 5.27. The lowest BCUT2D eigenvalue weighted by Crippen LogP contribution is -2.37. The highest BCUT2D eigenvalue weighted by Gasteiger charge is 2.53. The van der Waals surface area contributed by atoms with Crippen molar-refractivity contribution in [1.82, 2.24) is 39.0 Å². The highest BCUT2D eigenvalue weighted by Crippen LogP contribution is 2.54. The molecule has 0 aliphatic carbocycles. The van der Waals surface area contributed by atoms with Crippen molar-refractivity contribution in [2.24, 2.45) is 0 Å². The maximum absolute atomic E-state index is 16.1. The van der Waals surface area contributed by atoms with E-state index in [9.17, 15) is 14.3 Å². The van der Waals surface area contributed by atoms with Crippen LogP contribution in [0.1, 0.15) is 18.3 Å². The molecule has 4 N–H and O–H groups in total. The van der Waals surface area contributed by atoms with E-state index in [0.29, 0.717) is 5.82 Å². The minimum absolute atomic E-state index is 0.0488. The fraction of sp³-hybridized carbons (Fsp3) is 0.545. The Morgan fingerprint density at radius 3 is 2.52 bits per heavy atom. The van der Waals surface area contributed by atoms with E-state index in [4.69, 9.17) is 49.8 Å². The topological polar surface area (TPSA) is 235 Å². The average molecular weight is 702 g/mol. The molecule has 248 valence electrons. The Balaban J connectivity index is 1.22. The van der Waals surface area contributed by atoms with Crippen LogP contribution < -0.4 is 11.3 Å². The number of methoxy groups -OCH3 is 1. The van der Waals surface area contributed by atoms with E-state index in [1.807, 2.05) is 0 Å². The quantitative estimate of drug-likeness (QED) is 0.180. The highest BCUT2D eigenvalue weighted by molar-refractivity contribution is 8.07. The van der Waals surface area contributed by atoms with Gasteiger partial charge in [0.1, 0.15) is 55.7 Å². The van der Waals surface area contributed by atoms with Crippen molar-refractivity contribution >= 4 is 61.7 Å². The molecule has 3 aliphatic heterocycles. The number of halogens is 1. The zero-order valence-electron chi connectivity index (χ0n) is 23.3. The van der Waals surface area contributed by atoms with Gasteiger partial charge in [-0.1, -0.05) is 0 Å². The van der Waals surface area contributed by atoms with Gasteiger partial charge in [-0.2, -0.15) is 0 Å². The number of imidazole rings is 2. The van der Waals surface area contributed by atoms with Crippen molar-refractivity contribution in [3.05, 3.63) is 35.2 Å². The summed E-state index contributed by atoms with van der Waals surface area (Å²) in [4.78, 5) is 46.9. The van der Waals surface area contributed by atoms with E-state index in [1.54, 1.807) is 6.92 Å². The molecule has 2 bridgehead atoms. The minimum Gasteiger partial charge on any atom is -0.382 e. The SMILES string of the molecule is [BH3-][P@]1(=O)OCC2OC(n3cnc4c(N)ncnc43)C(F)C2OP(O)(=S)OCC2OC(n3cnc4c(=O)[nH]c(C)nc43)C(O1)C2OC. The third-order valence-electron chi connectivity index (χ3n) is 7.52. The molecule has 4 aromatic heterocycles. The Bertz CT molecular complexity index is 1970. The van der Waals surface area contributed by atoms with Crippen LogP contribution in [0.15, 0.2) is 23.8 Å². The van der Waals surface area contributed by atoms with Gasteiger partial charge in [0.05, 0.1) is 33.4 Å². The van der Waals surface area contributed by atoms with Crippen LogP contribution in [-0.2, 0) is 48.7 Å². The summed E-state index contributed by atoms with van der Waals surface area (Å²) in [6, 6.07) is 0. The van der Waals surface area contributed by atoms with Gasteiger partial charge in [-0.05, 0) is 18.7 Å². The molecule has 46 heavy (non-hydrogen) atoms. The zero-order chi connectivity index (χ0) is 32.5. The van der Waals surface area contributed by atoms with E-state index < -0.39 is 83.1 Å². The summed E-state index contributed by atoms with van der Waals surface area (Å²) in [7, 11) is -3.57. The lowest BCUT2D eigenvalue weighted by atomic mass is 10.1. The number of hydrogen-bond acceptors (Lipinski definition) is 16. The van der Waals surface area contributed by atoms with Gasteiger partial charge in [-0.15, -0.1) is 0 Å². The fourth-order valence-electron chi connectivity index (χ4n) is 5.54. The number of nitrogens with zero attached hydrogens (tertiary/aromatic N) is 7. The van der Waals surface area contributed by atoms with Crippen molar-refractivity contribution in [2.45, 2.75) is 56.1 Å². The number of H-pyrrole nitrogens is 1. The number of aryl methyl sites for hydroxylation is 1. The number of alkyl halides is 1. The van der Waals surface area contributed by atoms with Crippen LogP contribution in [0.2, 0.25) is 0 Å². The third-order valence-corrected chi connectivity index (χ3v) is 9.85. The van der Waals surface area contributed by atoms with E-state index in [-0.39, 0.29) is 34.8 Å². The van der Waals surface area contributed by atoms with Crippen molar-refractivity contribution in [1.29, 1.82) is 0 Å². The lowest BCUT2D eigenvalue weighted by molar-refractivity contribution is -0.0594. The first-order valence-corrected chi connectivity index (χ1v) is 17.0. The molecule has 0 saturated carbocycles. The molecule has 0 spiro atoms. The second kappa shape index (κ2) is 11.7. The molecule has 0 radical (unpaired) electrons. The number of nitrogen functional groups attached to an aromatic ring is 1. The third kappa shape index (κ3) is 5.60. The Morgan fingerprint density at radius 2 is 1.76 bits per heavy atom. The van der Waals surface area contributed by atoms with Gasteiger partial charge in [0.25, 0.3) is 5.56 Å². The van der Waals surface area contributed by atoms with E-state index >= 15 is 4.39 Å². The molecule has 4 aromatic rings. The van der Waals surface area contributed by atoms with Crippen LogP contribution in [0.3, 0.4) is 0 Å². The molecule has 0 aromatic carbocycles. The standard InChI is InChI=1S/C22H28BFN9O10P2S/c1-8-30-19-13(20(34)31-8)29-7-33(19)22-16-15(37-2)10(41-22)4-39-45(36,46)43-14-9(3-38-44(23,35)42-16)40-21(11(14)24)32-6-28-12-17(25)26-5-27-18(12)32/h5-7,9-11,14-16,21-22H,3-4H2,1-2,23H3,(H,36,46)(H2,25,26,27)(H,30,31,34)/q-1/t9?,10?,11?,14?,15?,16?,21?,22?,44-,45?/m0/s1.